The molecule has 1 aromatic carbocycles. The molecule has 1 amide bonds. The van der Waals surface area contributed by atoms with Gasteiger partial charge in [0.05, 0.1) is 12.1 Å². The molecule has 2 fully saturated rings. The smallest absolute Gasteiger partial charge is 0.237 e. The minimum Gasteiger partial charge on any atom is -0.392 e. The van der Waals surface area contributed by atoms with E-state index in [-0.39, 0.29) is 18.1 Å². The molecule has 0 aliphatic carbocycles. The Bertz CT molecular complexity index is 587. The zero-order valence-electron chi connectivity index (χ0n) is 15.8. The molecule has 6 heteroatoms. The molecule has 26 heavy (non-hydrogen) atoms. The van der Waals surface area contributed by atoms with E-state index in [1.807, 2.05) is 0 Å². The molecule has 3 rings (SSSR count). The molecule has 2 aliphatic heterocycles. The summed E-state index contributed by atoms with van der Waals surface area (Å²) in [5, 5.41) is 15.5. The van der Waals surface area contributed by atoms with Gasteiger partial charge in [0.2, 0.25) is 5.91 Å². The largest absolute Gasteiger partial charge is 0.392 e. The number of carbonyl (C=O) groups excluding carboxylic acids is 1. The Morgan fingerprint density at radius 3 is 2.77 bits per heavy atom. The minimum atomic E-state index is -0.385. The highest BCUT2D eigenvalue weighted by Gasteiger charge is 2.27. The van der Waals surface area contributed by atoms with Crippen LogP contribution in [-0.4, -0.2) is 73.9 Å². The zero-order valence-corrected chi connectivity index (χ0v) is 15.8. The number of anilines is 1. The summed E-state index contributed by atoms with van der Waals surface area (Å²) in [5.41, 5.74) is 2.65. The fourth-order valence-corrected chi connectivity index (χ4v) is 3.77. The van der Waals surface area contributed by atoms with Crippen molar-refractivity contribution in [1.82, 2.24) is 15.5 Å². The molecular formula is C20H32N4O2. The quantitative estimate of drug-likeness (QED) is 0.626. The van der Waals surface area contributed by atoms with Crippen molar-refractivity contribution in [1.29, 1.82) is 0 Å². The Kier molecular flexibility index (Phi) is 6.88. The van der Waals surface area contributed by atoms with Crippen molar-refractivity contribution < 1.29 is 9.90 Å². The summed E-state index contributed by atoms with van der Waals surface area (Å²) in [6.07, 6.45) is 2.24. The molecule has 6 nitrogen and oxygen atoms in total. The fourth-order valence-electron chi connectivity index (χ4n) is 3.77. The predicted molar refractivity (Wildman–Crippen MR) is 104 cm³/mol. The Morgan fingerprint density at radius 2 is 2.08 bits per heavy atom. The number of amides is 1. The van der Waals surface area contributed by atoms with Gasteiger partial charge >= 0.3 is 0 Å². The third-order valence-electron chi connectivity index (χ3n) is 5.36. The standard InChI is InChI=1S/C20H32N4O2/c1-16-5-4-6-17(13-16)24-11-9-23(10-12-24)8-3-2-7-21-20(26)19-14-18(25)15-22-19/h4-6,13,18-19,22,25H,2-3,7-12,14-15H2,1H3,(H,21,26). The van der Waals surface area contributed by atoms with Gasteiger partial charge in [0, 0.05) is 45.0 Å². The van der Waals surface area contributed by atoms with Gasteiger partial charge in [-0.25, -0.2) is 0 Å². The van der Waals surface area contributed by atoms with Crippen LogP contribution >= 0.6 is 0 Å². The van der Waals surface area contributed by atoms with Crippen LogP contribution in [0.1, 0.15) is 24.8 Å². The third-order valence-corrected chi connectivity index (χ3v) is 5.36. The molecule has 2 saturated heterocycles. The number of β-amino-alcohol motifs (C(OH)–C–C–N with tert-alkyl or cyclic N) is 1. The number of unbranched alkanes of at least 4 members (excludes halogenated alkanes) is 1. The SMILES string of the molecule is Cc1cccc(N2CCN(CCCCNC(=O)C3CC(O)CN3)CC2)c1. The number of benzene rings is 1. The van der Waals surface area contributed by atoms with E-state index in [4.69, 9.17) is 0 Å². The van der Waals surface area contributed by atoms with Gasteiger partial charge in [-0.05, 0) is 50.4 Å². The van der Waals surface area contributed by atoms with Crippen LogP contribution < -0.4 is 15.5 Å². The first-order valence-corrected chi connectivity index (χ1v) is 9.85. The predicted octanol–water partition coefficient (Wildman–Crippen LogP) is 0.736. The molecule has 144 valence electrons. The van der Waals surface area contributed by atoms with Crippen LogP contribution in [0.3, 0.4) is 0 Å². The topological polar surface area (TPSA) is 67.8 Å². The van der Waals surface area contributed by atoms with Gasteiger partial charge in [-0.1, -0.05) is 12.1 Å². The molecule has 0 radical (unpaired) electrons. The summed E-state index contributed by atoms with van der Waals surface area (Å²) < 4.78 is 0. The second kappa shape index (κ2) is 9.35. The molecule has 2 atom stereocenters. The number of carbonyl (C=O) groups is 1. The lowest BCUT2D eigenvalue weighted by molar-refractivity contribution is -0.122. The van der Waals surface area contributed by atoms with Gasteiger partial charge in [0.25, 0.3) is 0 Å². The van der Waals surface area contributed by atoms with E-state index in [0.717, 1.165) is 52.1 Å². The van der Waals surface area contributed by atoms with Gasteiger partial charge in [-0.2, -0.15) is 0 Å². The number of aliphatic hydroxyl groups excluding tert-OH is 1. The maximum atomic E-state index is 11.9. The summed E-state index contributed by atoms with van der Waals surface area (Å²) in [4.78, 5) is 16.9. The average Bonchev–Trinajstić information content (AvgIpc) is 3.08. The van der Waals surface area contributed by atoms with E-state index in [1.54, 1.807) is 0 Å². The maximum absolute atomic E-state index is 11.9. The monoisotopic (exact) mass is 360 g/mol. The van der Waals surface area contributed by atoms with Crippen molar-refractivity contribution in [2.24, 2.45) is 0 Å². The van der Waals surface area contributed by atoms with Crippen molar-refractivity contribution in [3.05, 3.63) is 29.8 Å². The number of rotatable bonds is 7. The van der Waals surface area contributed by atoms with Crippen molar-refractivity contribution in [2.45, 2.75) is 38.3 Å². The fraction of sp³-hybridized carbons (Fsp3) is 0.650. The van der Waals surface area contributed by atoms with E-state index in [2.05, 4.69) is 51.6 Å². The van der Waals surface area contributed by atoms with E-state index < -0.39 is 0 Å². The zero-order chi connectivity index (χ0) is 18.4. The molecule has 1 aromatic rings. The van der Waals surface area contributed by atoms with Crippen LogP contribution in [-0.2, 0) is 4.79 Å². The van der Waals surface area contributed by atoms with Crippen LogP contribution in [0.5, 0.6) is 0 Å². The molecule has 2 heterocycles. The van der Waals surface area contributed by atoms with Gasteiger partial charge in [0.15, 0.2) is 0 Å². The number of hydrogen-bond acceptors (Lipinski definition) is 5. The summed E-state index contributed by atoms with van der Waals surface area (Å²) in [6, 6.07) is 8.51. The van der Waals surface area contributed by atoms with Crippen LogP contribution in [0.2, 0.25) is 0 Å². The number of nitrogens with zero attached hydrogens (tertiary/aromatic N) is 2. The van der Waals surface area contributed by atoms with Crippen molar-refractivity contribution in [2.75, 3.05) is 50.7 Å². The Hall–Kier alpha value is -1.63. The molecule has 0 aromatic heterocycles. The number of aryl methyl sites for hydroxylation is 1. The van der Waals surface area contributed by atoms with E-state index in [0.29, 0.717) is 13.0 Å². The molecular weight excluding hydrogens is 328 g/mol. The van der Waals surface area contributed by atoms with Crippen LogP contribution in [0, 0.1) is 6.92 Å². The molecule has 0 saturated carbocycles. The third kappa shape index (κ3) is 5.43. The highest BCUT2D eigenvalue weighted by Crippen LogP contribution is 2.17. The second-order valence-corrected chi connectivity index (χ2v) is 7.52. The molecule has 2 unspecified atom stereocenters. The number of piperazine rings is 1. The van der Waals surface area contributed by atoms with E-state index in [9.17, 15) is 9.90 Å². The first-order valence-electron chi connectivity index (χ1n) is 9.85. The highest BCUT2D eigenvalue weighted by molar-refractivity contribution is 5.82. The molecule has 0 spiro atoms. The summed E-state index contributed by atoms with van der Waals surface area (Å²) in [7, 11) is 0. The number of aliphatic hydroxyl groups is 1. The van der Waals surface area contributed by atoms with Gasteiger partial charge in [0.1, 0.15) is 0 Å². The minimum absolute atomic E-state index is 0.0216. The maximum Gasteiger partial charge on any atom is 0.237 e. The van der Waals surface area contributed by atoms with Crippen molar-refractivity contribution >= 4 is 11.6 Å². The van der Waals surface area contributed by atoms with Crippen molar-refractivity contribution in [3.8, 4) is 0 Å². The van der Waals surface area contributed by atoms with Gasteiger partial charge in [-0.15, -0.1) is 0 Å². The number of nitrogens with one attached hydrogen (secondary N) is 2. The van der Waals surface area contributed by atoms with E-state index >= 15 is 0 Å². The van der Waals surface area contributed by atoms with Crippen LogP contribution in [0.4, 0.5) is 5.69 Å². The average molecular weight is 361 g/mol. The normalized spacial score (nSPS) is 24.0. The Balaban J connectivity index is 1.27. The molecule has 3 N–H and O–H groups in total. The Labute approximate surface area is 156 Å². The summed E-state index contributed by atoms with van der Waals surface area (Å²) >= 11 is 0. The first kappa shape index (κ1) is 19.1. The molecule has 0 bridgehead atoms. The highest BCUT2D eigenvalue weighted by atomic mass is 16.3. The lowest BCUT2D eigenvalue weighted by Gasteiger charge is -2.36. The Morgan fingerprint density at radius 1 is 1.27 bits per heavy atom. The second-order valence-electron chi connectivity index (χ2n) is 7.52. The number of hydrogen-bond donors (Lipinski definition) is 3. The van der Waals surface area contributed by atoms with Crippen LogP contribution in [0.25, 0.3) is 0 Å². The van der Waals surface area contributed by atoms with Gasteiger partial charge in [-0.3, -0.25) is 9.69 Å². The van der Waals surface area contributed by atoms with Gasteiger partial charge < -0.3 is 20.6 Å². The van der Waals surface area contributed by atoms with Crippen LogP contribution in [0.15, 0.2) is 24.3 Å². The summed E-state index contributed by atoms with van der Waals surface area (Å²) in [6.45, 7) is 8.84. The molecule has 2 aliphatic rings. The summed E-state index contributed by atoms with van der Waals surface area (Å²) in [5.74, 6) is 0.0216. The first-order chi connectivity index (χ1) is 12.6. The van der Waals surface area contributed by atoms with Crippen molar-refractivity contribution in [3.63, 3.8) is 0 Å². The lowest BCUT2D eigenvalue weighted by Crippen LogP contribution is -2.46. The van der Waals surface area contributed by atoms with E-state index in [1.165, 1.54) is 11.3 Å². The lowest BCUT2D eigenvalue weighted by atomic mass is 10.2.